The molecule has 1 saturated carbocycles. The average Bonchev–Trinajstić information content (AvgIpc) is 2.29. The molecule has 1 aliphatic rings. The maximum absolute atomic E-state index is 6.19. The molecule has 1 fully saturated rings. The lowest BCUT2D eigenvalue weighted by Gasteiger charge is -2.32. The van der Waals surface area contributed by atoms with E-state index in [1.165, 1.54) is 30.4 Å². The molecule has 0 radical (unpaired) electrons. The zero-order valence-corrected chi connectivity index (χ0v) is 11.5. The second-order valence-corrected chi connectivity index (χ2v) is 5.78. The lowest BCUT2D eigenvalue weighted by Crippen LogP contribution is -2.28. The van der Waals surface area contributed by atoms with Crippen LogP contribution in [-0.4, -0.2) is 6.10 Å². The van der Waals surface area contributed by atoms with Crippen LogP contribution < -0.4 is 4.74 Å². The van der Waals surface area contributed by atoms with Crippen LogP contribution in [0.1, 0.15) is 44.2 Å². The summed E-state index contributed by atoms with van der Waals surface area (Å²) in [6.45, 7) is 8.96. The molecule has 0 aliphatic heterocycles. The normalized spacial score (nSPS) is 29.1. The average molecular weight is 232 g/mol. The predicted molar refractivity (Wildman–Crippen MR) is 72.5 cm³/mol. The SMILES string of the molecule is Cc1ccc(C)c(OC2CCC(C)C(C)C2)c1. The van der Waals surface area contributed by atoms with Gasteiger partial charge in [0.25, 0.3) is 0 Å². The van der Waals surface area contributed by atoms with E-state index in [0.717, 1.165) is 17.6 Å². The molecule has 1 heteroatoms. The first-order valence-corrected chi connectivity index (χ1v) is 6.80. The van der Waals surface area contributed by atoms with Gasteiger partial charge in [0, 0.05) is 0 Å². The van der Waals surface area contributed by atoms with Crippen molar-refractivity contribution >= 4 is 0 Å². The van der Waals surface area contributed by atoms with Crippen molar-refractivity contribution in [2.45, 2.75) is 53.1 Å². The molecule has 94 valence electrons. The molecule has 0 saturated heterocycles. The number of rotatable bonds is 2. The monoisotopic (exact) mass is 232 g/mol. The zero-order chi connectivity index (χ0) is 12.4. The summed E-state index contributed by atoms with van der Waals surface area (Å²) in [5.74, 6) is 2.73. The summed E-state index contributed by atoms with van der Waals surface area (Å²) in [5.41, 5.74) is 2.53. The van der Waals surface area contributed by atoms with E-state index in [0.29, 0.717) is 6.10 Å². The third-order valence-corrected chi connectivity index (χ3v) is 4.19. The number of benzene rings is 1. The molecule has 3 atom stereocenters. The van der Waals surface area contributed by atoms with E-state index >= 15 is 0 Å². The Labute approximate surface area is 105 Å². The molecule has 1 aromatic rings. The van der Waals surface area contributed by atoms with Crippen LogP contribution in [0.25, 0.3) is 0 Å². The first kappa shape index (κ1) is 12.5. The molecule has 0 aromatic heterocycles. The Balaban J connectivity index is 2.03. The number of hydrogen-bond donors (Lipinski definition) is 0. The minimum absolute atomic E-state index is 0.418. The smallest absolute Gasteiger partial charge is 0.122 e. The lowest BCUT2D eigenvalue weighted by molar-refractivity contribution is 0.0999. The molecule has 3 unspecified atom stereocenters. The molecule has 2 rings (SSSR count). The fourth-order valence-corrected chi connectivity index (χ4v) is 2.62. The summed E-state index contributed by atoms with van der Waals surface area (Å²) in [4.78, 5) is 0. The minimum atomic E-state index is 0.418. The quantitative estimate of drug-likeness (QED) is 0.729. The van der Waals surface area contributed by atoms with Crippen LogP contribution in [0.15, 0.2) is 18.2 Å². The van der Waals surface area contributed by atoms with Crippen LogP contribution in [0.4, 0.5) is 0 Å². The first-order valence-electron chi connectivity index (χ1n) is 6.80. The fourth-order valence-electron chi connectivity index (χ4n) is 2.62. The number of ether oxygens (including phenoxy) is 1. The molecule has 0 bridgehead atoms. The van der Waals surface area contributed by atoms with Crippen LogP contribution in [0, 0.1) is 25.7 Å². The van der Waals surface area contributed by atoms with Gasteiger partial charge in [0.05, 0.1) is 6.10 Å². The second-order valence-electron chi connectivity index (χ2n) is 5.78. The van der Waals surface area contributed by atoms with Gasteiger partial charge in [0.2, 0.25) is 0 Å². The molecule has 0 N–H and O–H groups in total. The second kappa shape index (κ2) is 5.12. The zero-order valence-electron chi connectivity index (χ0n) is 11.5. The highest BCUT2D eigenvalue weighted by atomic mass is 16.5. The lowest BCUT2D eigenvalue weighted by atomic mass is 9.80. The van der Waals surface area contributed by atoms with Gasteiger partial charge in [-0.3, -0.25) is 0 Å². The van der Waals surface area contributed by atoms with E-state index in [9.17, 15) is 0 Å². The Morgan fingerprint density at radius 3 is 2.53 bits per heavy atom. The summed E-state index contributed by atoms with van der Waals surface area (Å²) < 4.78 is 6.19. The minimum Gasteiger partial charge on any atom is -0.490 e. The van der Waals surface area contributed by atoms with E-state index in [2.05, 4.69) is 45.9 Å². The standard InChI is InChI=1S/C16H24O/c1-11-5-6-13(3)16(9-11)17-15-8-7-12(2)14(4)10-15/h5-6,9,12,14-15H,7-8,10H2,1-4H3. The van der Waals surface area contributed by atoms with Gasteiger partial charge < -0.3 is 4.74 Å². The van der Waals surface area contributed by atoms with Crippen molar-refractivity contribution in [1.29, 1.82) is 0 Å². The van der Waals surface area contributed by atoms with Gasteiger partial charge in [-0.2, -0.15) is 0 Å². The summed E-state index contributed by atoms with van der Waals surface area (Å²) in [6.07, 6.45) is 4.13. The summed E-state index contributed by atoms with van der Waals surface area (Å²) in [5, 5.41) is 0. The van der Waals surface area contributed by atoms with Crippen molar-refractivity contribution in [2.24, 2.45) is 11.8 Å². The maximum Gasteiger partial charge on any atom is 0.122 e. The van der Waals surface area contributed by atoms with Crippen LogP contribution >= 0.6 is 0 Å². The Hall–Kier alpha value is -0.980. The molecule has 17 heavy (non-hydrogen) atoms. The number of hydrogen-bond acceptors (Lipinski definition) is 1. The maximum atomic E-state index is 6.19. The van der Waals surface area contributed by atoms with Gasteiger partial charge in [-0.25, -0.2) is 0 Å². The van der Waals surface area contributed by atoms with Gasteiger partial charge >= 0.3 is 0 Å². The van der Waals surface area contributed by atoms with E-state index in [-0.39, 0.29) is 0 Å². The topological polar surface area (TPSA) is 9.23 Å². The largest absolute Gasteiger partial charge is 0.490 e. The predicted octanol–water partition coefficient (Wildman–Crippen LogP) is 4.51. The van der Waals surface area contributed by atoms with Gasteiger partial charge in [0.15, 0.2) is 0 Å². The molecule has 1 aromatic carbocycles. The van der Waals surface area contributed by atoms with Crippen LogP contribution in [0.2, 0.25) is 0 Å². The van der Waals surface area contributed by atoms with Crippen LogP contribution in [0.3, 0.4) is 0 Å². The van der Waals surface area contributed by atoms with Gasteiger partial charge in [-0.05, 0) is 62.1 Å². The van der Waals surface area contributed by atoms with Crippen molar-refractivity contribution in [3.8, 4) is 5.75 Å². The summed E-state index contributed by atoms with van der Waals surface area (Å²) in [6, 6.07) is 6.46. The van der Waals surface area contributed by atoms with E-state index in [1.807, 2.05) is 0 Å². The summed E-state index contributed by atoms with van der Waals surface area (Å²) >= 11 is 0. The molecule has 0 amide bonds. The summed E-state index contributed by atoms with van der Waals surface area (Å²) in [7, 11) is 0. The van der Waals surface area contributed by atoms with Gasteiger partial charge in [-0.1, -0.05) is 26.0 Å². The van der Waals surface area contributed by atoms with Gasteiger partial charge in [0.1, 0.15) is 5.75 Å². The molecular weight excluding hydrogens is 208 g/mol. The van der Waals surface area contributed by atoms with Crippen molar-refractivity contribution in [2.75, 3.05) is 0 Å². The highest BCUT2D eigenvalue weighted by Gasteiger charge is 2.25. The van der Waals surface area contributed by atoms with Crippen LogP contribution in [0.5, 0.6) is 5.75 Å². The third kappa shape index (κ3) is 3.02. The van der Waals surface area contributed by atoms with Crippen molar-refractivity contribution in [3.63, 3.8) is 0 Å². The highest BCUT2D eigenvalue weighted by molar-refractivity contribution is 5.36. The van der Waals surface area contributed by atoms with E-state index in [1.54, 1.807) is 0 Å². The molecule has 0 spiro atoms. The van der Waals surface area contributed by atoms with E-state index in [4.69, 9.17) is 4.74 Å². The Morgan fingerprint density at radius 2 is 1.82 bits per heavy atom. The third-order valence-electron chi connectivity index (χ3n) is 4.19. The van der Waals surface area contributed by atoms with Crippen molar-refractivity contribution < 1.29 is 4.74 Å². The van der Waals surface area contributed by atoms with Gasteiger partial charge in [-0.15, -0.1) is 0 Å². The Kier molecular flexibility index (Phi) is 3.76. The Morgan fingerprint density at radius 1 is 1.06 bits per heavy atom. The highest BCUT2D eigenvalue weighted by Crippen LogP contribution is 2.32. The molecule has 0 heterocycles. The van der Waals surface area contributed by atoms with Crippen molar-refractivity contribution in [1.82, 2.24) is 0 Å². The van der Waals surface area contributed by atoms with E-state index < -0.39 is 0 Å². The Bertz CT molecular complexity index is 383. The fraction of sp³-hybridized carbons (Fsp3) is 0.625. The van der Waals surface area contributed by atoms with Crippen LogP contribution in [-0.2, 0) is 0 Å². The molecule has 1 nitrogen and oxygen atoms in total. The molecule has 1 aliphatic carbocycles. The number of aryl methyl sites for hydroxylation is 2. The molecular formula is C16H24O. The van der Waals surface area contributed by atoms with Crippen molar-refractivity contribution in [3.05, 3.63) is 29.3 Å². The first-order chi connectivity index (χ1) is 8.06.